The summed E-state index contributed by atoms with van der Waals surface area (Å²) in [7, 11) is 1.57. The lowest BCUT2D eigenvalue weighted by Gasteiger charge is -2.32. The molecule has 0 N–H and O–H groups in total. The lowest BCUT2D eigenvalue weighted by molar-refractivity contribution is -0.137. The van der Waals surface area contributed by atoms with Gasteiger partial charge in [-0.3, -0.25) is 19.5 Å². The highest BCUT2D eigenvalue weighted by molar-refractivity contribution is 6.37. The summed E-state index contributed by atoms with van der Waals surface area (Å²) in [5, 5.41) is 0. The minimum absolute atomic E-state index is 0.121. The van der Waals surface area contributed by atoms with Crippen molar-refractivity contribution in [2.45, 2.75) is 19.4 Å². The van der Waals surface area contributed by atoms with E-state index in [-0.39, 0.29) is 18.4 Å². The van der Waals surface area contributed by atoms with E-state index in [1.54, 1.807) is 13.3 Å². The van der Waals surface area contributed by atoms with Gasteiger partial charge in [0.25, 0.3) is 11.8 Å². The van der Waals surface area contributed by atoms with Crippen molar-refractivity contribution < 1.29 is 14.3 Å². The molecule has 0 fully saturated rings. The van der Waals surface area contributed by atoms with Crippen LogP contribution in [-0.4, -0.2) is 35.4 Å². The number of benzene rings is 2. The van der Waals surface area contributed by atoms with Crippen LogP contribution in [-0.2, 0) is 22.6 Å². The molecule has 1 aromatic heterocycles. The van der Waals surface area contributed by atoms with E-state index >= 15 is 0 Å². The molecule has 3 aromatic rings. The number of fused-ring (bicyclic) bond motifs is 1. The maximum Gasteiger partial charge on any atom is 0.278 e. The third-order valence-corrected chi connectivity index (χ3v) is 5.95. The fourth-order valence-corrected chi connectivity index (χ4v) is 4.47. The maximum absolute atomic E-state index is 13.7. The van der Waals surface area contributed by atoms with Crippen LogP contribution in [0, 0.1) is 0 Å². The van der Waals surface area contributed by atoms with Crippen LogP contribution in [0.25, 0.3) is 5.57 Å². The molecule has 0 saturated heterocycles. The molecule has 160 valence electrons. The molecule has 2 aromatic carbocycles. The number of imide groups is 1. The molecule has 2 aliphatic rings. The fourth-order valence-electron chi connectivity index (χ4n) is 4.47. The van der Waals surface area contributed by atoms with E-state index < -0.39 is 0 Å². The van der Waals surface area contributed by atoms with E-state index in [1.165, 1.54) is 10.5 Å². The first-order chi connectivity index (χ1) is 15.7. The standard InChI is InChI=1S/C26H23N3O3/c1-32-22-14-5-3-12-20(22)23-24(28-16-8-10-18-9-2-4-13-21(18)28)26(31)29(25(23)30)17-19-11-6-7-15-27-19/h2-7,9,11-15H,8,10,16-17H2,1H3. The van der Waals surface area contributed by atoms with Crippen molar-refractivity contribution in [3.8, 4) is 5.75 Å². The third-order valence-electron chi connectivity index (χ3n) is 5.95. The summed E-state index contributed by atoms with van der Waals surface area (Å²) < 4.78 is 5.55. The number of nitrogens with zero attached hydrogens (tertiary/aromatic N) is 3. The second-order valence-electron chi connectivity index (χ2n) is 7.83. The van der Waals surface area contributed by atoms with Crippen LogP contribution in [0.2, 0.25) is 0 Å². The first kappa shape index (κ1) is 20.0. The monoisotopic (exact) mass is 425 g/mol. The van der Waals surface area contributed by atoms with Gasteiger partial charge in [-0.05, 0) is 42.7 Å². The Morgan fingerprint density at radius 2 is 1.72 bits per heavy atom. The molecule has 3 heterocycles. The van der Waals surface area contributed by atoms with Crippen molar-refractivity contribution >= 4 is 23.1 Å². The average Bonchev–Trinajstić information content (AvgIpc) is 3.08. The van der Waals surface area contributed by atoms with Gasteiger partial charge in [0.2, 0.25) is 0 Å². The Bertz CT molecular complexity index is 1220. The van der Waals surface area contributed by atoms with Crippen LogP contribution < -0.4 is 9.64 Å². The van der Waals surface area contributed by atoms with Crippen LogP contribution in [0.4, 0.5) is 5.69 Å². The van der Waals surface area contributed by atoms with Crippen molar-refractivity contribution in [3.05, 3.63) is 95.4 Å². The predicted molar refractivity (Wildman–Crippen MR) is 122 cm³/mol. The Morgan fingerprint density at radius 1 is 0.938 bits per heavy atom. The lowest BCUT2D eigenvalue weighted by Crippen LogP contribution is -2.37. The molecule has 6 heteroatoms. The maximum atomic E-state index is 13.7. The van der Waals surface area contributed by atoms with E-state index in [4.69, 9.17) is 4.74 Å². The van der Waals surface area contributed by atoms with Crippen molar-refractivity contribution in [2.24, 2.45) is 0 Å². The Hall–Kier alpha value is -3.93. The Morgan fingerprint density at radius 3 is 2.53 bits per heavy atom. The first-order valence-corrected chi connectivity index (χ1v) is 10.7. The number of aromatic nitrogens is 1. The van der Waals surface area contributed by atoms with Crippen LogP contribution in [0.1, 0.15) is 23.2 Å². The molecular weight excluding hydrogens is 402 g/mol. The number of methoxy groups -OCH3 is 1. The second-order valence-corrected chi connectivity index (χ2v) is 7.83. The third kappa shape index (κ3) is 3.34. The SMILES string of the molecule is COc1ccccc1C1=C(N2CCCc3ccccc32)C(=O)N(Cc2ccccn2)C1=O. The van der Waals surface area contributed by atoms with Gasteiger partial charge in [0.05, 0.1) is 24.9 Å². The second kappa shape index (κ2) is 8.30. The minimum Gasteiger partial charge on any atom is -0.496 e. The predicted octanol–water partition coefficient (Wildman–Crippen LogP) is 3.82. The summed E-state index contributed by atoms with van der Waals surface area (Å²) >= 11 is 0. The Kier molecular flexibility index (Phi) is 5.19. The van der Waals surface area contributed by atoms with Gasteiger partial charge in [0, 0.05) is 24.0 Å². The Labute approximate surface area is 186 Å². The van der Waals surface area contributed by atoms with E-state index in [2.05, 4.69) is 11.1 Å². The molecule has 6 nitrogen and oxygen atoms in total. The number of hydrogen-bond donors (Lipinski definition) is 0. The summed E-state index contributed by atoms with van der Waals surface area (Å²) in [5.74, 6) is -0.0763. The van der Waals surface area contributed by atoms with Gasteiger partial charge in [-0.2, -0.15) is 0 Å². The van der Waals surface area contributed by atoms with E-state index in [0.717, 1.165) is 18.5 Å². The Balaban J connectivity index is 1.66. The number of hydrogen-bond acceptors (Lipinski definition) is 5. The highest BCUT2D eigenvalue weighted by Gasteiger charge is 2.43. The van der Waals surface area contributed by atoms with Crippen molar-refractivity contribution in [2.75, 3.05) is 18.6 Å². The number of para-hydroxylation sites is 2. The fraction of sp³-hybridized carbons (Fsp3) is 0.192. The normalized spacial score (nSPS) is 15.9. The zero-order valence-electron chi connectivity index (χ0n) is 17.8. The summed E-state index contributed by atoms with van der Waals surface area (Å²) in [4.78, 5) is 35.0. The number of amides is 2. The van der Waals surface area contributed by atoms with Crippen molar-refractivity contribution in [1.29, 1.82) is 0 Å². The number of ether oxygens (including phenoxy) is 1. The topological polar surface area (TPSA) is 62.7 Å². The largest absolute Gasteiger partial charge is 0.496 e. The molecule has 2 amide bonds. The summed E-state index contributed by atoms with van der Waals surface area (Å²) in [5.41, 5.74) is 4.21. The highest BCUT2D eigenvalue weighted by atomic mass is 16.5. The number of rotatable bonds is 5. The average molecular weight is 425 g/mol. The van der Waals surface area contributed by atoms with Gasteiger partial charge in [0.15, 0.2) is 0 Å². The van der Waals surface area contributed by atoms with Crippen molar-refractivity contribution in [3.63, 3.8) is 0 Å². The number of pyridine rings is 1. The lowest BCUT2D eigenvalue weighted by atomic mass is 9.98. The molecule has 0 spiro atoms. The quantitative estimate of drug-likeness (QED) is 0.582. The van der Waals surface area contributed by atoms with Crippen LogP contribution in [0.5, 0.6) is 5.75 Å². The number of aryl methyl sites for hydroxylation is 1. The molecule has 0 bridgehead atoms. The summed E-state index contributed by atoms with van der Waals surface area (Å²) in [6, 6.07) is 20.9. The molecular formula is C26H23N3O3. The zero-order valence-corrected chi connectivity index (χ0v) is 17.8. The van der Waals surface area contributed by atoms with E-state index in [0.29, 0.717) is 34.8 Å². The number of anilines is 1. The van der Waals surface area contributed by atoms with E-state index in [1.807, 2.05) is 65.6 Å². The van der Waals surface area contributed by atoms with Gasteiger partial charge in [-0.15, -0.1) is 0 Å². The molecule has 32 heavy (non-hydrogen) atoms. The molecule has 0 saturated carbocycles. The van der Waals surface area contributed by atoms with Crippen molar-refractivity contribution in [1.82, 2.24) is 9.88 Å². The van der Waals surface area contributed by atoms with Crippen LogP contribution in [0.15, 0.2) is 78.6 Å². The van der Waals surface area contributed by atoms with Gasteiger partial charge < -0.3 is 9.64 Å². The molecule has 0 unspecified atom stereocenters. The van der Waals surface area contributed by atoms with Gasteiger partial charge in [-0.25, -0.2) is 0 Å². The van der Waals surface area contributed by atoms with Gasteiger partial charge in [-0.1, -0.05) is 42.5 Å². The van der Waals surface area contributed by atoms with Crippen LogP contribution >= 0.6 is 0 Å². The smallest absolute Gasteiger partial charge is 0.278 e. The van der Waals surface area contributed by atoms with Gasteiger partial charge in [0.1, 0.15) is 11.4 Å². The molecule has 0 radical (unpaired) electrons. The van der Waals surface area contributed by atoms with Crippen LogP contribution in [0.3, 0.4) is 0 Å². The molecule has 2 aliphatic heterocycles. The van der Waals surface area contributed by atoms with E-state index in [9.17, 15) is 9.59 Å². The molecule has 0 aliphatic carbocycles. The summed E-state index contributed by atoms with van der Waals surface area (Å²) in [6.07, 6.45) is 3.52. The summed E-state index contributed by atoms with van der Waals surface area (Å²) in [6.45, 7) is 0.789. The van der Waals surface area contributed by atoms with Gasteiger partial charge >= 0.3 is 0 Å². The first-order valence-electron chi connectivity index (χ1n) is 10.7. The number of carbonyl (C=O) groups is 2. The minimum atomic E-state index is -0.330. The molecule has 0 atom stereocenters. The highest BCUT2D eigenvalue weighted by Crippen LogP contribution is 2.40. The molecule has 5 rings (SSSR count). The zero-order chi connectivity index (χ0) is 22.1. The number of carbonyl (C=O) groups excluding carboxylic acids is 2.